The Morgan fingerprint density at radius 3 is 2.38 bits per heavy atom. The van der Waals surface area contributed by atoms with Gasteiger partial charge in [0, 0.05) is 31.0 Å². The molecule has 1 amide bonds. The molecule has 1 N–H and O–H groups in total. The van der Waals surface area contributed by atoms with E-state index in [1.807, 2.05) is 44.2 Å². The zero-order chi connectivity index (χ0) is 28.9. The van der Waals surface area contributed by atoms with E-state index < -0.39 is 0 Å². The number of methoxy groups -OCH3 is 1. The van der Waals surface area contributed by atoms with E-state index in [2.05, 4.69) is 62.2 Å². The number of carbonyl (C=O) groups excluding carboxylic acids is 1. The lowest BCUT2D eigenvalue weighted by Crippen LogP contribution is -2.34. The van der Waals surface area contributed by atoms with Gasteiger partial charge in [-0.15, -0.1) is 0 Å². The van der Waals surface area contributed by atoms with Crippen molar-refractivity contribution in [3.05, 3.63) is 84.1 Å². The number of anilines is 1. The van der Waals surface area contributed by atoms with Crippen LogP contribution in [0.1, 0.15) is 51.7 Å². The molecule has 0 saturated carbocycles. The van der Waals surface area contributed by atoms with E-state index in [0.717, 1.165) is 44.5 Å². The average molecular weight is 541 g/mol. The van der Waals surface area contributed by atoms with Gasteiger partial charge in [0.1, 0.15) is 17.3 Å². The van der Waals surface area contributed by atoms with E-state index in [1.165, 1.54) is 0 Å². The number of nitrogens with zero attached hydrogens (tertiary/aromatic N) is 2. The van der Waals surface area contributed by atoms with Crippen molar-refractivity contribution in [2.45, 2.75) is 60.1 Å². The molecular formula is C34H40N2O4. The van der Waals surface area contributed by atoms with Crippen LogP contribution in [-0.4, -0.2) is 35.8 Å². The molecule has 0 spiro atoms. The molecule has 0 aliphatic carbocycles. The Kier molecular flexibility index (Phi) is 9.10. The number of aliphatic hydroxyl groups excluding tert-OH is 1. The van der Waals surface area contributed by atoms with Crippen LogP contribution in [0, 0.1) is 12.3 Å². The van der Waals surface area contributed by atoms with Gasteiger partial charge in [-0.2, -0.15) is 0 Å². The van der Waals surface area contributed by atoms with Crippen LogP contribution in [0.15, 0.2) is 72.9 Å². The fraction of sp³-hybridized carbons (Fsp3) is 0.353. The predicted molar refractivity (Wildman–Crippen MR) is 162 cm³/mol. The smallest absolute Gasteiger partial charge is 0.229 e. The fourth-order valence-corrected chi connectivity index (χ4v) is 4.77. The van der Waals surface area contributed by atoms with Crippen molar-refractivity contribution in [1.82, 2.24) is 4.98 Å². The average Bonchev–Trinajstić information content (AvgIpc) is 2.91. The summed E-state index contributed by atoms with van der Waals surface area (Å²) in [5, 5.41) is 11.0. The Labute approximate surface area is 237 Å². The summed E-state index contributed by atoms with van der Waals surface area (Å²) >= 11 is 0. The normalized spacial score (nSPS) is 12.3. The number of ether oxygens (including phenoxy) is 2. The van der Waals surface area contributed by atoms with Gasteiger partial charge in [0.15, 0.2) is 0 Å². The van der Waals surface area contributed by atoms with Gasteiger partial charge < -0.3 is 14.6 Å². The molecule has 0 aliphatic heterocycles. The predicted octanol–water partition coefficient (Wildman–Crippen LogP) is 7.34. The number of fused-ring (bicyclic) bond motifs is 1. The van der Waals surface area contributed by atoms with Crippen LogP contribution in [0.3, 0.4) is 0 Å². The van der Waals surface area contributed by atoms with Crippen molar-refractivity contribution >= 4 is 22.5 Å². The highest BCUT2D eigenvalue weighted by molar-refractivity contribution is 6.02. The minimum atomic E-state index is -0.167. The van der Waals surface area contributed by atoms with Gasteiger partial charge in [-0.3, -0.25) is 9.69 Å². The van der Waals surface area contributed by atoms with E-state index in [9.17, 15) is 9.90 Å². The number of amides is 1. The van der Waals surface area contributed by atoms with Gasteiger partial charge in [0.25, 0.3) is 0 Å². The fourth-order valence-electron chi connectivity index (χ4n) is 4.77. The standard InChI is InChI=1S/C34H40N2O4/c1-23-19-27(11-14-31(23)39-6)26-9-7-25(8-10-26)22-36(32(38)21-34(3,4)5)33-30-13-12-29(40-24(2)16-18-37)20-28(30)15-17-35-33/h7-15,17,19-20,24,37H,16,18,21-22H2,1-6H3. The molecule has 4 rings (SSSR count). The van der Waals surface area contributed by atoms with Crippen LogP contribution in [-0.2, 0) is 11.3 Å². The molecule has 210 valence electrons. The maximum Gasteiger partial charge on any atom is 0.229 e. The number of aromatic nitrogens is 1. The summed E-state index contributed by atoms with van der Waals surface area (Å²) in [4.78, 5) is 20.2. The number of hydrogen-bond donors (Lipinski definition) is 1. The molecule has 1 atom stereocenters. The van der Waals surface area contributed by atoms with Crippen molar-refractivity contribution < 1.29 is 19.4 Å². The molecule has 0 bridgehead atoms. The van der Waals surface area contributed by atoms with Crippen molar-refractivity contribution in [3.8, 4) is 22.6 Å². The third-order valence-corrected chi connectivity index (χ3v) is 6.85. The van der Waals surface area contributed by atoms with Crippen LogP contribution >= 0.6 is 0 Å². The van der Waals surface area contributed by atoms with Crippen molar-refractivity contribution in [3.63, 3.8) is 0 Å². The van der Waals surface area contributed by atoms with E-state index in [1.54, 1.807) is 18.2 Å². The second-order valence-corrected chi connectivity index (χ2v) is 11.6. The van der Waals surface area contributed by atoms with Crippen LogP contribution in [0.2, 0.25) is 0 Å². The first-order valence-electron chi connectivity index (χ1n) is 13.8. The molecule has 0 radical (unpaired) electrons. The van der Waals surface area contributed by atoms with E-state index in [0.29, 0.717) is 25.2 Å². The van der Waals surface area contributed by atoms with Crippen LogP contribution < -0.4 is 14.4 Å². The lowest BCUT2D eigenvalue weighted by atomic mass is 9.91. The summed E-state index contributed by atoms with van der Waals surface area (Å²) < 4.78 is 11.4. The topological polar surface area (TPSA) is 71.9 Å². The number of pyridine rings is 1. The molecule has 1 aromatic heterocycles. The first-order valence-corrected chi connectivity index (χ1v) is 13.8. The first-order chi connectivity index (χ1) is 19.1. The third kappa shape index (κ3) is 7.19. The molecule has 6 heteroatoms. The van der Waals surface area contributed by atoms with Gasteiger partial charge in [0.2, 0.25) is 5.91 Å². The van der Waals surface area contributed by atoms with E-state index in [-0.39, 0.29) is 24.0 Å². The molecule has 6 nitrogen and oxygen atoms in total. The molecule has 0 fully saturated rings. The summed E-state index contributed by atoms with van der Waals surface area (Å²) in [7, 11) is 1.68. The Bertz CT molecular complexity index is 1460. The van der Waals surface area contributed by atoms with Crippen molar-refractivity contribution in [1.29, 1.82) is 0 Å². The summed E-state index contributed by atoms with van der Waals surface area (Å²) in [5.41, 5.74) is 4.16. The molecule has 1 heterocycles. The molecule has 3 aromatic carbocycles. The van der Waals surface area contributed by atoms with E-state index in [4.69, 9.17) is 9.47 Å². The lowest BCUT2D eigenvalue weighted by Gasteiger charge is -2.27. The highest BCUT2D eigenvalue weighted by Gasteiger charge is 2.25. The summed E-state index contributed by atoms with van der Waals surface area (Å²) in [5.74, 6) is 2.26. The maximum absolute atomic E-state index is 13.7. The zero-order valence-electron chi connectivity index (χ0n) is 24.4. The number of carbonyl (C=O) groups is 1. The number of aliphatic hydroxyl groups is 1. The monoisotopic (exact) mass is 540 g/mol. The van der Waals surface area contributed by atoms with Crippen molar-refractivity contribution in [2.75, 3.05) is 18.6 Å². The first kappa shape index (κ1) is 29.1. The Morgan fingerprint density at radius 2 is 1.73 bits per heavy atom. The number of aryl methyl sites for hydroxylation is 1. The molecule has 1 unspecified atom stereocenters. The lowest BCUT2D eigenvalue weighted by molar-refractivity contribution is -0.120. The largest absolute Gasteiger partial charge is 0.496 e. The van der Waals surface area contributed by atoms with Gasteiger partial charge in [-0.25, -0.2) is 4.98 Å². The minimum Gasteiger partial charge on any atom is -0.496 e. The summed E-state index contributed by atoms with van der Waals surface area (Å²) in [6, 6.07) is 22.3. The van der Waals surface area contributed by atoms with Crippen molar-refractivity contribution in [2.24, 2.45) is 5.41 Å². The highest BCUT2D eigenvalue weighted by atomic mass is 16.5. The summed E-state index contributed by atoms with van der Waals surface area (Å²) in [6.07, 6.45) is 2.60. The second kappa shape index (κ2) is 12.5. The summed E-state index contributed by atoms with van der Waals surface area (Å²) in [6.45, 7) is 10.7. The van der Waals surface area contributed by atoms with Gasteiger partial charge in [-0.1, -0.05) is 51.1 Å². The molecule has 0 aliphatic rings. The molecule has 40 heavy (non-hydrogen) atoms. The van der Waals surface area contributed by atoms with Crippen LogP contribution in [0.25, 0.3) is 21.9 Å². The maximum atomic E-state index is 13.7. The van der Waals surface area contributed by atoms with Crippen LogP contribution in [0.5, 0.6) is 11.5 Å². The Balaban J connectivity index is 1.66. The Hall–Kier alpha value is -3.90. The quantitative estimate of drug-likeness (QED) is 0.228. The second-order valence-electron chi connectivity index (χ2n) is 11.6. The van der Waals surface area contributed by atoms with Crippen LogP contribution in [0.4, 0.5) is 5.82 Å². The Morgan fingerprint density at radius 1 is 1.00 bits per heavy atom. The third-order valence-electron chi connectivity index (χ3n) is 6.85. The van der Waals surface area contributed by atoms with Gasteiger partial charge in [0.05, 0.1) is 19.8 Å². The molecule has 4 aromatic rings. The van der Waals surface area contributed by atoms with Gasteiger partial charge >= 0.3 is 0 Å². The SMILES string of the molecule is COc1ccc(-c2ccc(CN(C(=O)CC(C)(C)C)c3nccc4cc(OC(C)CCO)ccc34)cc2)cc1C. The minimum absolute atomic E-state index is 0.0271. The number of hydrogen-bond acceptors (Lipinski definition) is 5. The highest BCUT2D eigenvalue weighted by Crippen LogP contribution is 2.32. The van der Waals surface area contributed by atoms with Gasteiger partial charge in [-0.05, 0) is 83.3 Å². The number of benzene rings is 3. The van der Waals surface area contributed by atoms with E-state index >= 15 is 0 Å². The molecule has 0 saturated heterocycles. The zero-order valence-corrected chi connectivity index (χ0v) is 24.4. The number of rotatable bonds is 10. The molecular weight excluding hydrogens is 500 g/mol.